The molecule has 0 unspecified atom stereocenters. The lowest BCUT2D eigenvalue weighted by Crippen LogP contribution is -2.23. The van der Waals surface area contributed by atoms with Crippen molar-refractivity contribution in [2.24, 2.45) is 0 Å². The van der Waals surface area contributed by atoms with Crippen LogP contribution < -0.4 is 5.32 Å². The maximum Gasteiger partial charge on any atom is 0.267 e. The maximum atomic E-state index is 13.7. The number of rotatable bonds is 6. The Morgan fingerprint density at radius 2 is 1.92 bits per heavy atom. The van der Waals surface area contributed by atoms with Crippen LogP contribution in [0.4, 0.5) is 8.78 Å². The van der Waals surface area contributed by atoms with Crippen LogP contribution in [-0.2, 0) is 0 Å². The zero-order valence-corrected chi connectivity index (χ0v) is 14.2. The first-order valence-corrected chi connectivity index (χ1v) is 7.92. The van der Waals surface area contributed by atoms with Crippen molar-refractivity contribution in [1.82, 2.24) is 10.3 Å². The molecule has 2 N–H and O–H groups in total. The van der Waals surface area contributed by atoms with Crippen LogP contribution in [0.15, 0.2) is 41.5 Å². The summed E-state index contributed by atoms with van der Waals surface area (Å²) in [6, 6.07) is 3.36. The van der Waals surface area contributed by atoms with Crippen molar-refractivity contribution < 1.29 is 13.6 Å². The Balaban J connectivity index is 1.95. The van der Waals surface area contributed by atoms with Crippen LogP contribution in [-0.4, -0.2) is 17.4 Å². The smallest absolute Gasteiger partial charge is 0.267 e. The summed E-state index contributed by atoms with van der Waals surface area (Å²) in [6.45, 7) is 6.54. The lowest BCUT2D eigenvalue weighted by molar-refractivity contribution is 0.0954. The predicted octanol–water partition coefficient (Wildman–Crippen LogP) is 4.87. The molecule has 0 aliphatic carbocycles. The number of aromatic nitrogens is 1. The van der Waals surface area contributed by atoms with Gasteiger partial charge in [0.2, 0.25) is 0 Å². The minimum atomic E-state index is -0.685. The minimum absolute atomic E-state index is 0.204. The predicted molar refractivity (Wildman–Crippen MR) is 93.0 cm³/mol. The summed E-state index contributed by atoms with van der Waals surface area (Å²) < 4.78 is 26.8. The molecule has 24 heavy (non-hydrogen) atoms. The molecule has 2 aromatic rings. The van der Waals surface area contributed by atoms with Gasteiger partial charge < -0.3 is 10.3 Å². The number of H-pyrrole nitrogens is 1. The Kier molecular flexibility index (Phi) is 5.90. The summed E-state index contributed by atoms with van der Waals surface area (Å²) in [4.78, 5) is 14.8. The number of amides is 1. The quantitative estimate of drug-likeness (QED) is 0.728. The normalized spacial score (nSPS) is 11.6. The zero-order chi connectivity index (χ0) is 17.7. The minimum Gasteiger partial charge on any atom is -0.350 e. The second-order valence-electron chi connectivity index (χ2n) is 6.11. The Morgan fingerprint density at radius 1 is 1.17 bits per heavy atom. The summed E-state index contributed by atoms with van der Waals surface area (Å²) in [6.07, 6.45) is 6.05. The van der Waals surface area contributed by atoms with Crippen molar-refractivity contribution in [3.05, 3.63) is 58.8 Å². The van der Waals surface area contributed by atoms with Crippen molar-refractivity contribution >= 4 is 16.8 Å². The van der Waals surface area contributed by atoms with E-state index >= 15 is 0 Å². The van der Waals surface area contributed by atoms with Gasteiger partial charge >= 0.3 is 0 Å². The summed E-state index contributed by atoms with van der Waals surface area (Å²) >= 11 is 0. The molecular weight excluding hydrogens is 310 g/mol. The van der Waals surface area contributed by atoms with Crippen LogP contribution in [0.3, 0.4) is 0 Å². The molecule has 0 fully saturated rings. The first kappa shape index (κ1) is 17.9. The Labute approximate surface area is 140 Å². The highest BCUT2D eigenvalue weighted by Gasteiger charge is 2.12. The van der Waals surface area contributed by atoms with Crippen LogP contribution >= 0.6 is 0 Å². The van der Waals surface area contributed by atoms with E-state index in [0.717, 1.165) is 18.9 Å². The Hall–Kier alpha value is -2.43. The fourth-order valence-electron chi connectivity index (χ4n) is 2.39. The summed E-state index contributed by atoms with van der Waals surface area (Å²) in [5.74, 6) is -1.71. The van der Waals surface area contributed by atoms with Crippen molar-refractivity contribution in [1.29, 1.82) is 0 Å². The van der Waals surface area contributed by atoms with Crippen LogP contribution in [0.25, 0.3) is 10.9 Å². The van der Waals surface area contributed by atoms with E-state index in [-0.39, 0.29) is 22.5 Å². The van der Waals surface area contributed by atoms with Crippen LogP contribution in [0.5, 0.6) is 0 Å². The zero-order valence-electron chi connectivity index (χ0n) is 14.2. The molecule has 0 aliphatic rings. The highest BCUT2D eigenvalue weighted by molar-refractivity contribution is 5.98. The van der Waals surface area contributed by atoms with Crippen molar-refractivity contribution in [3.8, 4) is 0 Å². The number of fused-ring (bicyclic) bond motifs is 1. The first-order chi connectivity index (χ1) is 11.4. The average Bonchev–Trinajstić information content (AvgIpc) is 2.91. The van der Waals surface area contributed by atoms with E-state index < -0.39 is 11.6 Å². The van der Waals surface area contributed by atoms with E-state index in [1.54, 1.807) is 0 Å². The third-order valence-corrected chi connectivity index (χ3v) is 3.70. The molecule has 0 saturated carbocycles. The van der Waals surface area contributed by atoms with E-state index in [1.165, 1.54) is 23.3 Å². The monoisotopic (exact) mass is 332 g/mol. The number of allylic oxidation sites excluding steroid dienone is 3. The van der Waals surface area contributed by atoms with Gasteiger partial charge in [0.15, 0.2) is 0 Å². The number of hydrogen-bond acceptors (Lipinski definition) is 1. The molecule has 3 nitrogen and oxygen atoms in total. The molecule has 128 valence electrons. The number of hydrogen-bond donors (Lipinski definition) is 2. The summed E-state index contributed by atoms with van der Waals surface area (Å²) in [5, 5.41) is 2.95. The first-order valence-electron chi connectivity index (χ1n) is 7.92. The molecule has 1 amide bonds. The Morgan fingerprint density at radius 3 is 2.62 bits per heavy atom. The summed E-state index contributed by atoms with van der Waals surface area (Å²) in [7, 11) is 0. The topological polar surface area (TPSA) is 44.9 Å². The largest absolute Gasteiger partial charge is 0.350 e. The number of carbonyl (C=O) groups is 1. The van der Waals surface area contributed by atoms with E-state index in [1.807, 2.05) is 13.0 Å². The van der Waals surface area contributed by atoms with Gasteiger partial charge in [0.05, 0.1) is 5.52 Å². The average molecular weight is 332 g/mol. The van der Waals surface area contributed by atoms with Gasteiger partial charge in [-0.25, -0.2) is 8.78 Å². The number of carbonyl (C=O) groups excluding carboxylic acids is 1. The fraction of sp³-hybridized carbons (Fsp3) is 0.316. The van der Waals surface area contributed by atoms with Gasteiger partial charge in [-0.05, 0) is 45.7 Å². The van der Waals surface area contributed by atoms with Gasteiger partial charge in [-0.2, -0.15) is 0 Å². The summed E-state index contributed by atoms with van der Waals surface area (Å²) in [5.41, 5.74) is 2.97. The molecule has 1 aromatic heterocycles. The lowest BCUT2D eigenvalue weighted by Gasteiger charge is -2.02. The number of halogens is 2. The van der Waals surface area contributed by atoms with E-state index in [0.29, 0.717) is 6.54 Å². The van der Waals surface area contributed by atoms with Crippen LogP contribution in [0.2, 0.25) is 0 Å². The molecule has 0 saturated heterocycles. The fourth-order valence-corrected chi connectivity index (χ4v) is 2.39. The molecular formula is C19H22F2N2O. The lowest BCUT2D eigenvalue weighted by atomic mass is 10.1. The van der Waals surface area contributed by atoms with Gasteiger partial charge in [-0.3, -0.25) is 4.79 Å². The standard InChI is InChI=1S/C19H22F2N2O/c1-12(2)5-4-6-13(3)7-8-22-19(24)18-11-15-16(21)9-14(20)10-17(15)23-18/h5,7,9-11,23H,4,6,8H2,1-3H3,(H,22,24)/b13-7+. The third kappa shape index (κ3) is 4.78. The van der Waals surface area contributed by atoms with Crippen LogP contribution in [0.1, 0.15) is 44.1 Å². The number of nitrogens with one attached hydrogen (secondary N) is 2. The third-order valence-electron chi connectivity index (χ3n) is 3.70. The van der Waals surface area contributed by atoms with Crippen molar-refractivity contribution in [2.45, 2.75) is 33.6 Å². The van der Waals surface area contributed by atoms with Gasteiger partial charge in [-0.15, -0.1) is 0 Å². The van der Waals surface area contributed by atoms with Gasteiger partial charge in [0.1, 0.15) is 17.3 Å². The molecule has 0 aliphatic heterocycles. The Bertz CT molecular complexity index is 799. The molecule has 5 heteroatoms. The SMILES string of the molecule is CC(C)=CCC/C(C)=C/CNC(=O)c1cc2c(F)cc(F)cc2[nH]1. The molecule has 1 aromatic carbocycles. The van der Waals surface area contributed by atoms with E-state index in [4.69, 9.17) is 0 Å². The van der Waals surface area contributed by atoms with Crippen LogP contribution in [0, 0.1) is 11.6 Å². The number of benzene rings is 1. The second-order valence-corrected chi connectivity index (χ2v) is 6.11. The van der Waals surface area contributed by atoms with Gasteiger partial charge in [0, 0.05) is 18.0 Å². The second kappa shape index (κ2) is 7.90. The molecule has 0 bridgehead atoms. The van der Waals surface area contributed by atoms with E-state index in [9.17, 15) is 13.6 Å². The highest BCUT2D eigenvalue weighted by atomic mass is 19.1. The molecule has 1 heterocycles. The van der Waals surface area contributed by atoms with Gasteiger partial charge in [-0.1, -0.05) is 23.3 Å². The van der Waals surface area contributed by atoms with Gasteiger partial charge in [0.25, 0.3) is 5.91 Å². The van der Waals surface area contributed by atoms with Crippen molar-refractivity contribution in [2.75, 3.05) is 6.54 Å². The van der Waals surface area contributed by atoms with Crippen molar-refractivity contribution in [3.63, 3.8) is 0 Å². The molecule has 2 rings (SSSR count). The molecule has 0 radical (unpaired) electrons. The van der Waals surface area contributed by atoms with E-state index in [2.05, 4.69) is 30.2 Å². The maximum absolute atomic E-state index is 13.7. The molecule has 0 spiro atoms. The highest BCUT2D eigenvalue weighted by Crippen LogP contribution is 2.20. The number of aromatic amines is 1. The molecule has 0 atom stereocenters.